The Kier molecular flexibility index (Phi) is 3.84. The third-order valence-electron chi connectivity index (χ3n) is 1.24. The number of hydrogen-bond donors (Lipinski definition) is 0. The number of alkyl halides is 1. The Morgan fingerprint density at radius 2 is 2.50 bits per heavy atom. The first-order valence-corrected chi connectivity index (χ1v) is 4.75. The molecule has 0 N–H and O–H groups in total. The van der Waals surface area contributed by atoms with E-state index in [2.05, 4.69) is 23.9 Å². The van der Waals surface area contributed by atoms with Crippen LogP contribution in [0.25, 0.3) is 0 Å². The van der Waals surface area contributed by atoms with Gasteiger partial charge in [0.25, 0.3) is 0 Å². The summed E-state index contributed by atoms with van der Waals surface area (Å²) < 4.78 is 0. The van der Waals surface area contributed by atoms with Crippen molar-refractivity contribution in [1.82, 2.24) is 0 Å². The van der Waals surface area contributed by atoms with Crippen molar-refractivity contribution >= 4 is 22.9 Å². The van der Waals surface area contributed by atoms with Gasteiger partial charge >= 0.3 is 0 Å². The highest BCUT2D eigenvalue weighted by Crippen LogP contribution is 2.11. The highest BCUT2D eigenvalue weighted by Gasteiger charge is 1.92. The van der Waals surface area contributed by atoms with E-state index in [0.29, 0.717) is 0 Å². The molecule has 0 saturated heterocycles. The molecule has 0 unspecified atom stereocenters. The molecule has 0 bridgehead atoms. The number of hydrogen-bond acceptors (Lipinski definition) is 1. The van der Waals surface area contributed by atoms with Gasteiger partial charge in [0.1, 0.15) is 0 Å². The average molecular weight is 174 g/mol. The highest BCUT2D eigenvalue weighted by atomic mass is 35.5. The lowest BCUT2D eigenvalue weighted by Crippen LogP contribution is -1.82. The molecule has 55 valence electrons. The van der Waals surface area contributed by atoms with Gasteiger partial charge in [-0.05, 0) is 30.7 Å². The molecule has 0 atom stereocenters. The maximum atomic E-state index is 5.51. The number of rotatable bonds is 4. The largest absolute Gasteiger partial charge is 0.149 e. The molecule has 1 aromatic heterocycles. The van der Waals surface area contributed by atoms with Gasteiger partial charge in [0.2, 0.25) is 0 Å². The van der Waals surface area contributed by atoms with Crippen LogP contribution in [0.2, 0.25) is 0 Å². The van der Waals surface area contributed by atoms with Crippen LogP contribution in [-0.2, 0) is 6.42 Å². The molecule has 0 aliphatic rings. The summed E-state index contributed by atoms with van der Waals surface area (Å²) in [4.78, 5) is 1.42. The van der Waals surface area contributed by atoms with Crippen molar-refractivity contribution in [1.29, 1.82) is 0 Å². The van der Waals surface area contributed by atoms with Gasteiger partial charge < -0.3 is 0 Å². The Morgan fingerprint density at radius 3 is 3.10 bits per heavy atom. The smallest absolute Gasteiger partial charge is 0.0226 e. The Morgan fingerprint density at radius 1 is 1.60 bits per heavy atom. The Hall–Kier alpha value is -0.0100. The van der Waals surface area contributed by atoms with Gasteiger partial charge in [-0.1, -0.05) is 6.07 Å². The van der Waals surface area contributed by atoms with Crippen molar-refractivity contribution in [2.75, 3.05) is 5.88 Å². The molecule has 10 heavy (non-hydrogen) atoms. The summed E-state index contributed by atoms with van der Waals surface area (Å²) in [6.45, 7) is 0. The van der Waals surface area contributed by atoms with Gasteiger partial charge in [-0.25, -0.2) is 0 Å². The van der Waals surface area contributed by atoms with Crippen LogP contribution in [0.4, 0.5) is 0 Å². The topological polar surface area (TPSA) is 0 Å². The minimum Gasteiger partial charge on any atom is -0.149 e. The zero-order chi connectivity index (χ0) is 7.23. The molecule has 1 aromatic rings. The molecular formula is C8H10ClS. The minimum absolute atomic E-state index is 0.741. The van der Waals surface area contributed by atoms with Crippen molar-refractivity contribution in [2.24, 2.45) is 0 Å². The lowest BCUT2D eigenvalue weighted by Gasteiger charge is -1.92. The van der Waals surface area contributed by atoms with Gasteiger partial charge in [-0.15, -0.1) is 22.9 Å². The van der Waals surface area contributed by atoms with Crippen LogP contribution < -0.4 is 0 Å². The summed E-state index contributed by atoms with van der Waals surface area (Å²) in [5.74, 6) is 0.741. The first kappa shape index (κ1) is 8.09. The second-order valence-electron chi connectivity index (χ2n) is 2.05. The predicted octanol–water partition coefficient (Wildman–Crippen LogP) is 3.12. The van der Waals surface area contributed by atoms with E-state index in [1.165, 1.54) is 4.88 Å². The van der Waals surface area contributed by atoms with Gasteiger partial charge in [-0.3, -0.25) is 0 Å². The fourth-order valence-electron chi connectivity index (χ4n) is 0.750. The van der Waals surface area contributed by atoms with Crippen LogP contribution in [-0.4, -0.2) is 5.88 Å². The van der Waals surface area contributed by atoms with Crippen LogP contribution in [0.5, 0.6) is 0 Å². The molecule has 0 nitrogen and oxygen atoms in total. The summed E-state index contributed by atoms with van der Waals surface area (Å²) in [7, 11) is 0. The SMILES string of the molecule is ClCC[CH]Cc1cccs1. The monoisotopic (exact) mass is 173 g/mol. The average Bonchev–Trinajstić information content (AvgIpc) is 2.41. The summed E-state index contributed by atoms with van der Waals surface area (Å²) in [5.41, 5.74) is 0. The Balaban J connectivity index is 2.15. The van der Waals surface area contributed by atoms with Crippen molar-refractivity contribution in [3.05, 3.63) is 28.8 Å². The lowest BCUT2D eigenvalue weighted by atomic mass is 10.2. The van der Waals surface area contributed by atoms with Crippen LogP contribution >= 0.6 is 22.9 Å². The molecule has 0 aromatic carbocycles. The standard InChI is InChI=1S/C8H10ClS/c9-6-2-1-4-8-5-3-7-10-8/h1,3,5,7H,2,4,6H2. The fourth-order valence-corrected chi connectivity index (χ4v) is 1.61. The van der Waals surface area contributed by atoms with Crippen LogP contribution in [0, 0.1) is 6.42 Å². The van der Waals surface area contributed by atoms with Crippen LogP contribution in [0.3, 0.4) is 0 Å². The molecule has 0 aliphatic carbocycles. The number of thiophene rings is 1. The van der Waals surface area contributed by atoms with Crippen LogP contribution in [0.1, 0.15) is 11.3 Å². The molecule has 0 aliphatic heterocycles. The molecule has 0 saturated carbocycles. The van der Waals surface area contributed by atoms with Crippen molar-refractivity contribution in [2.45, 2.75) is 12.8 Å². The fraction of sp³-hybridized carbons (Fsp3) is 0.375. The summed E-state index contributed by atoms with van der Waals surface area (Å²) in [5, 5.41) is 2.10. The second-order valence-corrected chi connectivity index (χ2v) is 3.46. The Bertz CT molecular complexity index is 158. The molecule has 0 amide bonds. The van der Waals surface area contributed by atoms with E-state index in [0.717, 1.165) is 18.7 Å². The predicted molar refractivity (Wildman–Crippen MR) is 47.7 cm³/mol. The first-order chi connectivity index (χ1) is 4.93. The zero-order valence-electron chi connectivity index (χ0n) is 5.72. The van der Waals surface area contributed by atoms with E-state index in [4.69, 9.17) is 11.6 Å². The molecule has 1 radical (unpaired) electrons. The maximum Gasteiger partial charge on any atom is 0.0226 e. The third-order valence-corrected chi connectivity index (χ3v) is 2.36. The number of unbranched alkanes of at least 4 members (excludes halogenated alkanes) is 1. The van der Waals surface area contributed by atoms with Crippen molar-refractivity contribution < 1.29 is 0 Å². The van der Waals surface area contributed by atoms with E-state index >= 15 is 0 Å². The second kappa shape index (κ2) is 4.75. The lowest BCUT2D eigenvalue weighted by molar-refractivity contribution is 1.02. The highest BCUT2D eigenvalue weighted by molar-refractivity contribution is 7.09. The third kappa shape index (κ3) is 2.72. The molecule has 1 rings (SSSR count). The first-order valence-electron chi connectivity index (χ1n) is 3.33. The molecule has 0 spiro atoms. The molecular weight excluding hydrogens is 164 g/mol. The summed E-state index contributed by atoms with van der Waals surface area (Å²) in [6.07, 6.45) is 4.31. The van der Waals surface area contributed by atoms with E-state index in [-0.39, 0.29) is 0 Å². The van der Waals surface area contributed by atoms with E-state index < -0.39 is 0 Å². The van der Waals surface area contributed by atoms with E-state index in [9.17, 15) is 0 Å². The van der Waals surface area contributed by atoms with Crippen molar-refractivity contribution in [3.8, 4) is 0 Å². The van der Waals surface area contributed by atoms with E-state index in [1.54, 1.807) is 11.3 Å². The van der Waals surface area contributed by atoms with E-state index in [1.807, 2.05) is 0 Å². The summed E-state index contributed by atoms with van der Waals surface area (Å²) in [6, 6.07) is 4.23. The zero-order valence-corrected chi connectivity index (χ0v) is 7.29. The molecule has 1 heterocycles. The Labute approximate surface area is 70.8 Å². The molecule has 0 fully saturated rings. The summed E-state index contributed by atoms with van der Waals surface area (Å²) >= 11 is 7.31. The van der Waals surface area contributed by atoms with Crippen molar-refractivity contribution in [3.63, 3.8) is 0 Å². The normalized spacial score (nSPS) is 10.1. The van der Waals surface area contributed by atoms with Crippen LogP contribution in [0.15, 0.2) is 17.5 Å². The van der Waals surface area contributed by atoms with Gasteiger partial charge in [0.05, 0.1) is 0 Å². The van der Waals surface area contributed by atoms with Gasteiger partial charge in [0, 0.05) is 10.8 Å². The van der Waals surface area contributed by atoms with Gasteiger partial charge in [-0.2, -0.15) is 0 Å². The quantitative estimate of drug-likeness (QED) is 0.485. The minimum atomic E-state index is 0.741. The maximum absolute atomic E-state index is 5.51. The van der Waals surface area contributed by atoms with Gasteiger partial charge in [0.15, 0.2) is 0 Å². The number of halogens is 1. The molecule has 2 heteroatoms.